The van der Waals surface area contributed by atoms with Crippen LogP contribution in [0.2, 0.25) is 4.34 Å². The van der Waals surface area contributed by atoms with E-state index in [0.29, 0.717) is 16.6 Å². The van der Waals surface area contributed by atoms with Crippen LogP contribution >= 0.6 is 22.9 Å². The highest BCUT2D eigenvalue weighted by atomic mass is 35.5. The molecule has 0 aliphatic rings. The zero-order chi connectivity index (χ0) is 16.2. The number of rotatable bonds is 4. The van der Waals surface area contributed by atoms with Gasteiger partial charge in [0.1, 0.15) is 14.9 Å². The van der Waals surface area contributed by atoms with Gasteiger partial charge in [0.05, 0.1) is 12.7 Å². The fourth-order valence-corrected chi connectivity index (χ4v) is 2.57. The van der Waals surface area contributed by atoms with E-state index in [1.54, 1.807) is 12.3 Å². The summed E-state index contributed by atoms with van der Waals surface area (Å²) in [6.07, 6.45) is 1.15. The summed E-state index contributed by atoms with van der Waals surface area (Å²) in [6, 6.07) is 7.40. The van der Waals surface area contributed by atoms with E-state index >= 15 is 0 Å². The van der Waals surface area contributed by atoms with Crippen LogP contribution in [0.5, 0.6) is 0 Å². The summed E-state index contributed by atoms with van der Waals surface area (Å²) >= 11 is 7.27. The van der Waals surface area contributed by atoms with Crippen LogP contribution in [-0.4, -0.2) is 16.7 Å². The molecule has 1 aromatic carbocycles. The molecule has 22 heavy (non-hydrogen) atoms. The molecule has 7 heteroatoms. The molecule has 0 unspecified atom stereocenters. The number of aromatic nitrogens is 1. The highest BCUT2D eigenvalue weighted by molar-refractivity contribution is 7.15. The van der Waals surface area contributed by atoms with Crippen molar-refractivity contribution in [3.63, 3.8) is 0 Å². The first-order chi connectivity index (χ1) is 10.3. The van der Waals surface area contributed by atoms with E-state index < -0.39 is 11.7 Å². The third kappa shape index (κ3) is 5.54. The Morgan fingerprint density at radius 3 is 2.73 bits per heavy atom. The molecule has 118 valence electrons. The molecule has 0 saturated carbocycles. The van der Waals surface area contributed by atoms with Crippen LogP contribution in [0, 0.1) is 0 Å². The van der Waals surface area contributed by atoms with Crippen LogP contribution in [-0.2, 0) is 11.3 Å². The number of ether oxygens (including phenoxy) is 1. The second-order valence-corrected chi connectivity index (χ2v) is 7.37. The first-order valence-electron chi connectivity index (χ1n) is 6.76. The van der Waals surface area contributed by atoms with Gasteiger partial charge in [-0.2, -0.15) is 0 Å². The van der Waals surface area contributed by atoms with Crippen molar-refractivity contribution in [2.75, 3.05) is 10.6 Å². The van der Waals surface area contributed by atoms with Crippen LogP contribution in [0.25, 0.3) is 0 Å². The summed E-state index contributed by atoms with van der Waals surface area (Å²) in [7, 11) is 0. The molecule has 0 bridgehead atoms. The van der Waals surface area contributed by atoms with Gasteiger partial charge < -0.3 is 10.1 Å². The minimum Gasteiger partial charge on any atom is -0.444 e. The van der Waals surface area contributed by atoms with Crippen molar-refractivity contribution in [2.24, 2.45) is 0 Å². The number of anilines is 2. The highest BCUT2D eigenvalue weighted by Gasteiger charge is 2.16. The third-order valence-corrected chi connectivity index (χ3v) is 3.59. The molecule has 0 radical (unpaired) electrons. The van der Waals surface area contributed by atoms with Crippen LogP contribution in [0.3, 0.4) is 0 Å². The number of amides is 1. The van der Waals surface area contributed by atoms with Gasteiger partial charge in [-0.25, -0.2) is 9.78 Å². The standard InChI is InChI=1S/C15H18ClN3O2S/c1-15(2,3)21-14(20)19-11-6-4-5-10(7-11)17-9-13-18-8-12(16)22-13/h4-8,17H,9H2,1-3H3,(H,19,20). The van der Waals surface area contributed by atoms with E-state index in [2.05, 4.69) is 15.6 Å². The fraction of sp³-hybridized carbons (Fsp3) is 0.333. The fourth-order valence-electron chi connectivity index (χ4n) is 1.68. The molecule has 0 aliphatic heterocycles. The summed E-state index contributed by atoms with van der Waals surface area (Å²) in [4.78, 5) is 15.9. The van der Waals surface area contributed by atoms with Crippen LogP contribution in [0.15, 0.2) is 30.5 Å². The van der Waals surface area contributed by atoms with Crippen LogP contribution in [0.1, 0.15) is 25.8 Å². The molecular formula is C15H18ClN3O2S. The quantitative estimate of drug-likeness (QED) is 0.843. The van der Waals surface area contributed by atoms with E-state index in [9.17, 15) is 4.79 Å². The first-order valence-corrected chi connectivity index (χ1v) is 7.95. The number of nitrogens with one attached hydrogen (secondary N) is 2. The van der Waals surface area contributed by atoms with Crippen LogP contribution in [0.4, 0.5) is 16.2 Å². The largest absolute Gasteiger partial charge is 0.444 e. The number of hydrogen-bond donors (Lipinski definition) is 2. The van der Waals surface area contributed by atoms with Gasteiger partial charge >= 0.3 is 6.09 Å². The smallest absolute Gasteiger partial charge is 0.412 e. The molecule has 2 N–H and O–H groups in total. The van der Waals surface area contributed by atoms with Gasteiger partial charge in [-0.15, -0.1) is 11.3 Å². The van der Waals surface area contributed by atoms with Gasteiger partial charge in [-0.05, 0) is 39.0 Å². The van der Waals surface area contributed by atoms with Gasteiger partial charge in [0.15, 0.2) is 0 Å². The number of halogens is 1. The molecule has 1 heterocycles. The second kappa shape index (κ2) is 6.98. The minimum atomic E-state index is -0.524. The molecule has 0 saturated heterocycles. The maximum Gasteiger partial charge on any atom is 0.412 e. The lowest BCUT2D eigenvalue weighted by atomic mass is 10.2. The summed E-state index contributed by atoms with van der Waals surface area (Å²) < 4.78 is 5.88. The zero-order valence-corrected chi connectivity index (χ0v) is 14.2. The Labute approximate surface area is 138 Å². The van der Waals surface area contributed by atoms with Gasteiger partial charge in [0.2, 0.25) is 0 Å². The average molecular weight is 340 g/mol. The maximum absolute atomic E-state index is 11.7. The number of hydrogen-bond acceptors (Lipinski definition) is 5. The zero-order valence-electron chi connectivity index (χ0n) is 12.6. The lowest BCUT2D eigenvalue weighted by molar-refractivity contribution is 0.0636. The summed E-state index contributed by atoms with van der Waals surface area (Å²) in [5, 5.41) is 6.84. The molecule has 0 spiro atoms. The van der Waals surface area contributed by atoms with E-state index in [0.717, 1.165) is 10.7 Å². The minimum absolute atomic E-state index is 0.476. The molecular weight excluding hydrogens is 322 g/mol. The van der Waals surface area contributed by atoms with Gasteiger partial charge in [0.25, 0.3) is 0 Å². The Balaban J connectivity index is 1.93. The molecule has 2 aromatic rings. The number of carbonyl (C=O) groups excluding carboxylic acids is 1. The molecule has 0 aliphatic carbocycles. The van der Waals surface area contributed by atoms with Gasteiger partial charge in [-0.1, -0.05) is 17.7 Å². The lowest BCUT2D eigenvalue weighted by Crippen LogP contribution is -2.27. The summed E-state index contributed by atoms with van der Waals surface area (Å²) in [5.74, 6) is 0. The SMILES string of the molecule is CC(C)(C)OC(=O)Nc1cccc(NCc2ncc(Cl)s2)c1. The number of carbonyl (C=O) groups is 1. The van der Waals surface area contributed by atoms with E-state index in [4.69, 9.17) is 16.3 Å². The van der Waals surface area contributed by atoms with Crippen molar-refractivity contribution >= 4 is 40.4 Å². The normalized spacial score (nSPS) is 11.1. The van der Waals surface area contributed by atoms with E-state index in [1.807, 2.05) is 39.0 Å². The monoisotopic (exact) mass is 339 g/mol. The predicted molar refractivity (Wildman–Crippen MR) is 90.7 cm³/mol. The summed E-state index contributed by atoms with van der Waals surface area (Å²) in [6.45, 7) is 6.05. The van der Waals surface area contributed by atoms with Gasteiger partial charge in [0, 0.05) is 11.4 Å². The topological polar surface area (TPSA) is 63.2 Å². The molecule has 1 aromatic heterocycles. The molecule has 0 fully saturated rings. The van der Waals surface area contributed by atoms with E-state index in [-0.39, 0.29) is 0 Å². The second-order valence-electron chi connectivity index (χ2n) is 5.62. The van der Waals surface area contributed by atoms with Crippen molar-refractivity contribution in [3.05, 3.63) is 39.8 Å². The Hall–Kier alpha value is -1.79. The van der Waals surface area contributed by atoms with Crippen molar-refractivity contribution in [3.8, 4) is 0 Å². The average Bonchev–Trinajstić information content (AvgIpc) is 2.80. The number of benzene rings is 1. The Morgan fingerprint density at radius 1 is 1.36 bits per heavy atom. The molecule has 5 nitrogen and oxygen atoms in total. The lowest BCUT2D eigenvalue weighted by Gasteiger charge is -2.19. The number of nitrogens with zero attached hydrogens (tertiary/aromatic N) is 1. The third-order valence-electron chi connectivity index (χ3n) is 2.48. The van der Waals surface area contributed by atoms with Crippen molar-refractivity contribution in [2.45, 2.75) is 32.9 Å². The Morgan fingerprint density at radius 2 is 2.09 bits per heavy atom. The maximum atomic E-state index is 11.7. The molecule has 0 atom stereocenters. The van der Waals surface area contributed by atoms with Crippen molar-refractivity contribution in [1.29, 1.82) is 0 Å². The van der Waals surface area contributed by atoms with Crippen LogP contribution < -0.4 is 10.6 Å². The highest BCUT2D eigenvalue weighted by Crippen LogP contribution is 2.21. The Bertz CT molecular complexity index is 652. The predicted octanol–water partition coefficient (Wildman–Crippen LogP) is 4.76. The van der Waals surface area contributed by atoms with E-state index in [1.165, 1.54) is 11.3 Å². The van der Waals surface area contributed by atoms with Gasteiger partial charge in [-0.3, -0.25) is 5.32 Å². The number of thiazole rings is 1. The van der Waals surface area contributed by atoms with Crippen molar-refractivity contribution in [1.82, 2.24) is 4.98 Å². The van der Waals surface area contributed by atoms with Crippen molar-refractivity contribution < 1.29 is 9.53 Å². The summed E-state index contributed by atoms with van der Waals surface area (Å²) in [5.41, 5.74) is 1.01. The Kier molecular flexibility index (Phi) is 5.26. The molecule has 1 amide bonds. The molecule has 2 rings (SSSR count). The first kappa shape index (κ1) is 16.6.